The molecule has 4 nitrogen and oxygen atoms in total. The average Bonchev–Trinajstić information content (AvgIpc) is 1.67. The van der Waals surface area contributed by atoms with E-state index in [4.69, 9.17) is 22.4 Å². The molecule has 1 N–H and O–H groups in total. The van der Waals surface area contributed by atoms with Crippen LogP contribution in [0.5, 0.6) is 0 Å². The predicted octanol–water partition coefficient (Wildman–Crippen LogP) is 1.98. The molecule has 0 aliphatic carbocycles. The Balaban J connectivity index is 3.82. The first-order valence-corrected chi connectivity index (χ1v) is 3.12. The maximum Gasteiger partial charge on any atom is 0.405 e. The van der Waals surface area contributed by atoms with Gasteiger partial charge in [0.1, 0.15) is 0 Å². The van der Waals surface area contributed by atoms with Crippen LogP contribution in [0.3, 0.4) is 0 Å². The Labute approximate surface area is 64.9 Å². The van der Waals surface area contributed by atoms with E-state index in [0.717, 1.165) is 0 Å². The summed E-state index contributed by atoms with van der Waals surface area (Å²) in [6.45, 7) is 0. The summed E-state index contributed by atoms with van der Waals surface area (Å²) in [7, 11) is 0. The molecule has 0 aromatic heterocycles. The smallest absolute Gasteiger partial charge is 0.307 e. The van der Waals surface area contributed by atoms with Crippen LogP contribution in [0.1, 0.15) is 0 Å². The molecule has 0 spiro atoms. The Morgan fingerprint density at radius 3 is 2.62 bits per heavy atom. The van der Waals surface area contributed by atoms with Crippen molar-refractivity contribution in [1.82, 2.24) is 0 Å². The van der Waals surface area contributed by atoms with Crippen molar-refractivity contribution in [2.24, 2.45) is 5.03 Å². The molecule has 0 aliphatic rings. The first-order chi connectivity index (χ1) is 3.68. The molecule has 0 aromatic carbocycles. The van der Waals surface area contributed by atoms with Crippen LogP contribution < -0.4 is 0 Å². The number of hydrogen-bond acceptors (Lipinski definition) is 2. The fourth-order valence-corrected chi connectivity index (χ4v) is 0.260. The molecular formula is CHBClIN4. The topological polar surface area (TPSA) is 72.6 Å². The van der Waals surface area contributed by atoms with Crippen LogP contribution in [-0.2, 0) is 0 Å². The molecule has 0 radical (unpaired) electrons. The molecule has 0 fully saturated rings. The van der Waals surface area contributed by atoms with Gasteiger partial charge in [-0.05, 0) is 33.0 Å². The van der Waals surface area contributed by atoms with Gasteiger partial charge in [-0.2, -0.15) is 11.5 Å². The molecule has 0 rings (SSSR count). The van der Waals surface area contributed by atoms with E-state index >= 15 is 0 Å². The van der Waals surface area contributed by atoms with Crippen molar-refractivity contribution >= 4 is 43.9 Å². The zero-order valence-corrected chi connectivity index (χ0v) is 6.59. The Kier molecular flexibility index (Phi) is 4.03. The van der Waals surface area contributed by atoms with Crippen molar-refractivity contribution in [1.29, 1.82) is 5.41 Å². The van der Waals surface area contributed by atoms with Crippen molar-refractivity contribution in [3.05, 3.63) is 10.4 Å². The van der Waals surface area contributed by atoms with E-state index in [1.807, 2.05) is 0 Å². The average molecular weight is 242 g/mol. The third kappa shape index (κ3) is 3.12. The van der Waals surface area contributed by atoms with Crippen LogP contribution in [0.15, 0.2) is 5.03 Å². The van der Waals surface area contributed by atoms with Crippen molar-refractivity contribution in [2.45, 2.75) is 0 Å². The number of halogens is 2. The number of hydrogen-bond donors (Lipinski definition) is 1. The second-order valence-electron chi connectivity index (χ2n) is 0.889. The van der Waals surface area contributed by atoms with Gasteiger partial charge in [0.15, 0.2) is 0 Å². The minimum Gasteiger partial charge on any atom is -0.307 e. The second kappa shape index (κ2) is 4.00. The summed E-state index contributed by atoms with van der Waals surface area (Å²) in [4.78, 5) is 2.40. The van der Waals surface area contributed by atoms with Gasteiger partial charge in [-0.25, -0.2) is 0 Å². The van der Waals surface area contributed by atoms with Crippen molar-refractivity contribution in [3.63, 3.8) is 0 Å². The van der Waals surface area contributed by atoms with E-state index in [1.165, 1.54) is 0 Å². The predicted molar refractivity (Wildman–Crippen MR) is 42.5 cm³/mol. The Morgan fingerprint density at radius 1 is 2.00 bits per heavy atom. The maximum atomic E-state index is 7.76. The normalized spacial score (nSPS) is 7.25. The van der Waals surface area contributed by atoms with E-state index in [-0.39, 0.29) is 3.62 Å². The number of azide groups is 1. The minimum absolute atomic E-state index is 0.127. The monoisotopic (exact) mass is 242 g/mol. The Bertz CT molecular complexity index is 139. The van der Waals surface area contributed by atoms with Gasteiger partial charge in [0.25, 0.3) is 0 Å². The lowest BCUT2D eigenvalue weighted by Gasteiger charge is -1.85. The van der Waals surface area contributed by atoms with Gasteiger partial charge in [-0.3, -0.25) is 0 Å². The SMILES string of the molecule is [N-]=[N+]=NB(Cl)C(=N)I. The molecule has 7 heteroatoms. The van der Waals surface area contributed by atoms with E-state index in [1.54, 1.807) is 22.6 Å². The molecule has 42 valence electrons. The third-order valence-electron chi connectivity index (χ3n) is 0.362. The summed E-state index contributed by atoms with van der Waals surface area (Å²) in [6, 6.07) is 0. The summed E-state index contributed by atoms with van der Waals surface area (Å²) in [5.41, 5.74) is 7.76. The molecule has 0 amide bonds. The standard InChI is InChI=1S/CHBClIN4/c3-2(1(4)5)7-8-6/h5H. The lowest BCUT2D eigenvalue weighted by molar-refractivity contribution is 1.58. The minimum atomic E-state index is -0.833. The van der Waals surface area contributed by atoms with Gasteiger partial charge in [-0.1, -0.05) is 0 Å². The van der Waals surface area contributed by atoms with E-state index in [0.29, 0.717) is 0 Å². The van der Waals surface area contributed by atoms with Gasteiger partial charge in [0.2, 0.25) is 0 Å². The van der Waals surface area contributed by atoms with E-state index in [9.17, 15) is 0 Å². The second-order valence-corrected chi connectivity index (χ2v) is 2.46. The number of nitrogens with one attached hydrogen (secondary N) is 1. The highest BCUT2D eigenvalue weighted by Gasteiger charge is 2.10. The third-order valence-corrected chi connectivity index (χ3v) is 1.63. The van der Waals surface area contributed by atoms with Crippen LogP contribution >= 0.6 is 34.1 Å². The number of nitrogens with zero attached hydrogens (tertiary/aromatic N) is 3. The van der Waals surface area contributed by atoms with Crippen LogP contribution in [0.2, 0.25) is 0 Å². The van der Waals surface area contributed by atoms with Gasteiger partial charge >= 0.3 is 6.26 Å². The molecule has 0 atom stereocenters. The molecule has 0 unspecified atom stereocenters. The summed E-state index contributed by atoms with van der Waals surface area (Å²) in [5, 5.41) is 9.83. The molecule has 8 heavy (non-hydrogen) atoms. The maximum absolute atomic E-state index is 7.76. The summed E-state index contributed by atoms with van der Waals surface area (Å²) in [5.74, 6) is 0. The molecule has 0 bridgehead atoms. The van der Waals surface area contributed by atoms with Gasteiger partial charge in [-0.15, -0.1) is 5.03 Å². The zero-order chi connectivity index (χ0) is 6.57. The fraction of sp³-hybridized carbons (Fsp3) is 0. The highest BCUT2D eigenvalue weighted by molar-refractivity contribution is 14.1. The number of rotatable bonds is 2. The lowest BCUT2D eigenvalue weighted by Crippen LogP contribution is -2.06. The van der Waals surface area contributed by atoms with Crippen molar-refractivity contribution < 1.29 is 0 Å². The highest BCUT2D eigenvalue weighted by atomic mass is 127. The largest absolute Gasteiger partial charge is 0.405 e. The fourth-order valence-electron chi connectivity index (χ4n) is 0.0960. The van der Waals surface area contributed by atoms with Crippen molar-refractivity contribution in [3.8, 4) is 0 Å². The molecule has 0 aromatic rings. The van der Waals surface area contributed by atoms with Gasteiger partial charge < -0.3 is 5.41 Å². The van der Waals surface area contributed by atoms with Crippen LogP contribution in [0.25, 0.3) is 10.4 Å². The van der Waals surface area contributed by atoms with Crippen LogP contribution in [0, 0.1) is 5.41 Å². The Morgan fingerprint density at radius 2 is 2.50 bits per heavy atom. The quantitative estimate of drug-likeness (QED) is 0.192. The summed E-state index contributed by atoms with van der Waals surface area (Å²) >= 11 is 6.94. The highest BCUT2D eigenvalue weighted by Crippen LogP contribution is 1.99. The Hall–Kier alpha value is 0.0649. The molecule has 0 heterocycles. The molecule has 0 saturated carbocycles. The van der Waals surface area contributed by atoms with Crippen LogP contribution in [0.4, 0.5) is 0 Å². The van der Waals surface area contributed by atoms with Gasteiger partial charge in [0, 0.05) is 0 Å². The first kappa shape index (κ1) is 8.06. The zero-order valence-electron chi connectivity index (χ0n) is 3.67. The van der Waals surface area contributed by atoms with Crippen molar-refractivity contribution in [2.75, 3.05) is 0 Å². The van der Waals surface area contributed by atoms with Gasteiger partial charge in [0.05, 0.1) is 3.62 Å². The first-order valence-electron chi connectivity index (χ1n) is 1.60. The molecule has 0 aliphatic heterocycles. The van der Waals surface area contributed by atoms with E-state index < -0.39 is 6.26 Å². The summed E-state index contributed by atoms with van der Waals surface area (Å²) in [6.07, 6.45) is -0.833. The molecular weight excluding hydrogens is 241 g/mol. The lowest BCUT2D eigenvalue weighted by atomic mass is 9.99. The molecule has 0 saturated heterocycles. The van der Waals surface area contributed by atoms with Crippen LogP contribution in [-0.4, -0.2) is 9.88 Å². The summed E-state index contributed by atoms with van der Waals surface area (Å²) < 4.78 is 0.127. The van der Waals surface area contributed by atoms with E-state index in [2.05, 4.69) is 9.94 Å².